The summed E-state index contributed by atoms with van der Waals surface area (Å²) in [5.74, 6) is -0.634. The van der Waals surface area contributed by atoms with Crippen molar-refractivity contribution in [2.24, 2.45) is 0 Å². The Labute approximate surface area is 64.3 Å². The van der Waals surface area contributed by atoms with Crippen molar-refractivity contribution in [2.45, 2.75) is 6.17 Å². The van der Waals surface area contributed by atoms with Crippen molar-refractivity contribution in [2.75, 3.05) is 0 Å². The molecule has 0 fully saturated rings. The molecule has 1 aromatic heterocycles. The average molecular weight is 174 g/mol. The third-order valence-electron chi connectivity index (χ3n) is 0.999. The Balaban J connectivity index is 2.96. The summed E-state index contributed by atoms with van der Waals surface area (Å²) < 4.78 is 4.17. The summed E-state index contributed by atoms with van der Waals surface area (Å²) in [6.45, 7) is 0. The molecule has 0 amide bonds. The minimum absolute atomic E-state index is 0.634. The van der Waals surface area contributed by atoms with Gasteiger partial charge in [-0.2, -0.15) is 4.98 Å². The lowest BCUT2D eigenvalue weighted by molar-refractivity contribution is -0.756. The van der Waals surface area contributed by atoms with Gasteiger partial charge in [0.25, 0.3) is 0 Å². The molecule has 0 radical (unpaired) electrons. The topological polar surface area (TPSA) is 125 Å². The normalized spacial score (nSPS) is 10.1. The van der Waals surface area contributed by atoms with Gasteiger partial charge in [-0.1, -0.05) is 5.16 Å². The van der Waals surface area contributed by atoms with Crippen LogP contribution in [0.3, 0.4) is 0 Å². The van der Waals surface area contributed by atoms with Gasteiger partial charge in [0.2, 0.25) is 0 Å². The van der Waals surface area contributed by atoms with Gasteiger partial charge in [0.05, 0.1) is 0 Å². The van der Waals surface area contributed by atoms with Crippen LogP contribution >= 0.6 is 0 Å². The molecule has 0 unspecified atom stereocenters. The van der Waals surface area contributed by atoms with E-state index in [0.29, 0.717) is 0 Å². The van der Waals surface area contributed by atoms with E-state index in [-0.39, 0.29) is 0 Å². The first kappa shape index (κ1) is 8.04. The lowest BCUT2D eigenvalue weighted by Crippen LogP contribution is -2.19. The van der Waals surface area contributed by atoms with Gasteiger partial charge < -0.3 is 4.52 Å². The third kappa shape index (κ3) is 1.33. The number of nitrogens with zero attached hydrogens (tertiary/aromatic N) is 4. The van der Waals surface area contributed by atoms with Crippen molar-refractivity contribution >= 4 is 0 Å². The first-order valence-electron chi connectivity index (χ1n) is 2.66. The monoisotopic (exact) mass is 174 g/mol. The predicted octanol–water partition coefficient (Wildman–Crippen LogP) is -0.378. The van der Waals surface area contributed by atoms with E-state index in [0.717, 1.165) is 6.33 Å². The highest BCUT2D eigenvalue weighted by molar-refractivity contribution is 4.74. The third-order valence-corrected chi connectivity index (χ3v) is 0.999. The van der Waals surface area contributed by atoms with Gasteiger partial charge in [0, 0.05) is 0 Å². The summed E-state index contributed by atoms with van der Waals surface area (Å²) in [4.78, 5) is 21.1. The number of nitro groups is 2. The van der Waals surface area contributed by atoms with Crippen molar-refractivity contribution in [1.82, 2.24) is 10.1 Å². The lowest BCUT2D eigenvalue weighted by Gasteiger charge is -1.93. The molecule has 1 aromatic rings. The van der Waals surface area contributed by atoms with Crippen LogP contribution < -0.4 is 0 Å². The molecule has 0 N–H and O–H groups in total. The molecule has 0 bridgehead atoms. The Morgan fingerprint density at radius 3 is 2.33 bits per heavy atom. The molecule has 9 nitrogen and oxygen atoms in total. The number of hydrogen-bond donors (Lipinski definition) is 0. The maximum absolute atomic E-state index is 10.1. The summed E-state index contributed by atoms with van der Waals surface area (Å²) in [5, 5.41) is 23.2. The van der Waals surface area contributed by atoms with Crippen LogP contribution in [-0.4, -0.2) is 20.0 Å². The standard InChI is InChI=1S/C3H2N4O5/c8-6(9)3(7(10)11)2-4-1-5-12-2/h1,3H. The molecule has 0 saturated carbocycles. The van der Waals surface area contributed by atoms with Crippen molar-refractivity contribution < 1.29 is 14.4 Å². The molecular weight excluding hydrogens is 172 g/mol. The van der Waals surface area contributed by atoms with E-state index < -0.39 is 21.9 Å². The highest BCUT2D eigenvalue weighted by atomic mass is 16.7. The fraction of sp³-hybridized carbons (Fsp3) is 0.333. The number of rotatable bonds is 3. The van der Waals surface area contributed by atoms with E-state index >= 15 is 0 Å². The lowest BCUT2D eigenvalue weighted by atomic mass is 10.5. The second-order valence-corrected chi connectivity index (χ2v) is 1.72. The molecule has 0 aliphatic carbocycles. The van der Waals surface area contributed by atoms with Gasteiger partial charge in [-0.3, -0.25) is 20.2 Å². The summed E-state index contributed by atoms with van der Waals surface area (Å²) in [5.41, 5.74) is 0. The smallest absolute Gasteiger partial charge is 0.324 e. The first-order chi connectivity index (χ1) is 5.63. The van der Waals surface area contributed by atoms with Crippen LogP contribution in [-0.2, 0) is 0 Å². The summed E-state index contributed by atoms with van der Waals surface area (Å²) in [6.07, 6.45) is -1.32. The summed E-state index contributed by atoms with van der Waals surface area (Å²) in [7, 11) is 0. The van der Waals surface area contributed by atoms with E-state index in [4.69, 9.17) is 0 Å². The summed E-state index contributed by atoms with van der Waals surface area (Å²) in [6, 6.07) is 0. The molecule has 0 spiro atoms. The van der Waals surface area contributed by atoms with Crippen LogP contribution in [0.25, 0.3) is 0 Å². The molecule has 1 heterocycles. The molecule has 0 aromatic carbocycles. The molecule has 1 rings (SSSR count). The van der Waals surface area contributed by atoms with Crippen LogP contribution in [0.5, 0.6) is 0 Å². The SMILES string of the molecule is O=[N+]([O-])C(c1ncno1)[N+](=O)[O-]. The second-order valence-electron chi connectivity index (χ2n) is 1.72. The zero-order valence-electron chi connectivity index (χ0n) is 5.48. The van der Waals surface area contributed by atoms with Crippen molar-refractivity contribution in [3.8, 4) is 0 Å². The van der Waals surface area contributed by atoms with Gasteiger partial charge in [-0.05, 0) is 0 Å². The van der Waals surface area contributed by atoms with E-state index in [2.05, 4.69) is 14.7 Å². The predicted molar refractivity (Wildman–Crippen MR) is 31.0 cm³/mol. The number of hydrogen-bond acceptors (Lipinski definition) is 7. The van der Waals surface area contributed by atoms with E-state index in [9.17, 15) is 20.2 Å². The zero-order chi connectivity index (χ0) is 9.14. The Kier molecular flexibility index (Phi) is 1.94. The van der Waals surface area contributed by atoms with Gasteiger partial charge in [0.15, 0.2) is 6.33 Å². The molecule has 0 saturated heterocycles. The van der Waals surface area contributed by atoms with Crippen LogP contribution in [0.2, 0.25) is 0 Å². The minimum Gasteiger partial charge on any atom is -0.324 e. The molecule has 64 valence electrons. The minimum atomic E-state index is -2.17. The van der Waals surface area contributed by atoms with Gasteiger partial charge in [-0.15, -0.1) is 0 Å². The quantitative estimate of drug-likeness (QED) is 0.347. The van der Waals surface area contributed by atoms with E-state index in [1.165, 1.54) is 0 Å². The molecular formula is C3H2N4O5. The highest BCUT2D eigenvalue weighted by Crippen LogP contribution is 2.12. The highest BCUT2D eigenvalue weighted by Gasteiger charge is 2.40. The number of aromatic nitrogens is 2. The van der Waals surface area contributed by atoms with Crippen molar-refractivity contribution in [1.29, 1.82) is 0 Å². The summed E-state index contributed by atoms with van der Waals surface area (Å²) >= 11 is 0. The van der Waals surface area contributed by atoms with Crippen LogP contribution in [0.4, 0.5) is 0 Å². The fourth-order valence-electron chi connectivity index (χ4n) is 0.553. The Morgan fingerprint density at radius 2 is 2.00 bits per heavy atom. The second kappa shape index (κ2) is 2.90. The molecule has 12 heavy (non-hydrogen) atoms. The zero-order valence-corrected chi connectivity index (χ0v) is 5.48. The molecule has 0 aliphatic rings. The fourth-order valence-corrected chi connectivity index (χ4v) is 0.553. The maximum Gasteiger partial charge on any atom is 0.527 e. The van der Waals surface area contributed by atoms with Crippen molar-refractivity contribution in [3.63, 3.8) is 0 Å². The molecule has 0 aliphatic heterocycles. The van der Waals surface area contributed by atoms with E-state index in [1.54, 1.807) is 0 Å². The molecule has 0 atom stereocenters. The van der Waals surface area contributed by atoms with Crippen LogP contribution in [0, 0.1) is 20.2 Å². The van der Waals surface area contributed by atoms with Crippen LogP contribution in [0.1, 0.15) is 12.1 Å². The van der Waals surface area contributed by atoms with Crippen LogP contribution in [0.15, 0.2) is 10.9 Å². The van der Waals surface area contributed by atoms with Crippen molar-refractivity contribution in [3.05, 3.63) is 32.4 Å². The Hall–Kier alpha value is -2.06. The largest absolute Gasteiger partial charge is 0.527 e. The van der Waals surface area contributed by atoms with E-state index in [1.807, 2.05) is 0 Å². The Bertz CT molecular complexity index is 280. The molecule has 9 heteroatoms. The average Bonchev–Trinajstić information content (AvgIpc) is 2.37. The maximum atomic E-state index is 10.1. The van der Waals surface area contributed by atoms with Gasteiger partial charge >= 0.3 is 12.1 Å². The Morgan fingerprint density at radius 1 is 1.42 bits per heavy atom. The first-order valence-corrected chi connectivity index (χ1v) is 2.66. The van der Waals surface area contributed by atoms with Gasteiger partial charge in [-0.25, -0.2) is 0 Å². The van der Waals surface area contributed by atoms with Gasteiger partial charge in [0.1, 0.15) is 9.85 Å².